The van der Waals surface area contributed by atoms with Crippen LogP contribution in [0.25, 0.3) is 11.4 Å². The Hall–Kier alpha value is -3.93. The third kappa shape index (κ3) is 5.17. The van der Waals surface area contributed by atoms with Crippen LogP contribution in [0.15, 0.2) is 89.5 Å². The van der Waals surface area contributed by atoms with E-state index < -0.39 is 0 Å². The van der Waals surface area contributed by atoms with Gasteiger partial charge < -0.3 is 14.2 Å². The van der Waals surface area contributed by atoms with Gasteiger partial charge in [-0.1, -0.05) is 71.9 Å². The molecule has 0 spiro atoms. The molecule has 0 aliphatic heterocycles. The summed E-state index contributed by atoms with van der Waals surface area (Å²) in [7, 11) is 0. The first-order valence-corrected chi connectivity index (χ1v) is 10.2. The van der Waals surface area contributed by atoms with Crippen molar-refractivity contribution in [2.45, 2.75) is 20.1 Å². The number of amides is 1. The fraction of sp³-hybridized carbons (Fsp3) is 0.160. The van der Waals surface area contributed by atoms with Gasteiger partial charge in [-0.3, -0.25) is 4.79 Å². The van der Waals surface area contributed by atoms with Gasteiger partial charge in [-0.2, -0.15) is 4.98 Å². The second-order valence-electron chi connectivity index (χ2n) is 7.00. The third-order valence-electron chi connectivity index (χ3n) is 4.82. The number of aromatic nitrogens is 2. The monoisotopic (exact) mass is 413 g/mol. The molecule has 0 N–H and O–H groups in total. The normalized spacial score (nSPS) is 10.6. The molecule has 0 aliphatic rings. The lowest BCUT2D eigenvalue weighted by molar-refractivity contribution is 0.0734. The second kappa shape index (κ2) is 9.71. The molecule has 0 atom stereocenters. The van der Waals surface area contributed by atoms with Crippen LogP contribution in [-0.4, -0.2) is 27.5 Å². The molecule has 0 unspecified atom stereocenters. The van der Waals surface area contributed by atoms with E-state index in [0.717, 1.165) is 11.1 Å². The Labute approximate surface area is 181 Å². The Morgan fingerprint density at radius 3 is 2.45 bits per heavy atom. The molecule has 1 amide bonds. The fourth-order valence-electron chi connectivity index (χ4n) is 3.16. The highest BCUT2D eigenvalue weighted by Gasteiger charge is 2.19. The van der Waals surface area contributed by atoms with Crippen molar-refractivity contribution in [3.63, 3.8) is 0 Å². The molecule has 0 saturated heterocycles. The van der Waals surface area contributed by atoms with Gasteiger partial charge in [-0.25, -0.2) is 0 Å². The molecular weight excluding hydrogens is 390 g/mol. The molecule has 6 nitrogen and oxygen atoms in total. The Morgan fingerprint density at radius 2 is 1.71 bits per heavy atom. The highest BCUT2D eigenvalue weighted by Crippen LogP contribution is 2.19. The summed E-state index contributed by atoms with van der Waals surface area (Å²) >= 11 is 0. The molecule has 0 saturated carbocycles. The number of ether oxygens (including phenoxy) is 1. The topological polar surface area (TPSA) is 68.5 Å². The number of carbonyl (C=O) groups excluding carboxylic acids is 1. The number of rotatable bonds is 8. The lowest BCUT2D eigenvalue weighted by Crippen LogP contribution is -2.30. The molecule has 6 heteroatoms. The van der Waals surface area contributed by atoms with Gasteiger partial charge >= 0.3 is 0 Å². The Bertz CT molecular complexity index is 1130. The Balaban J connectivity index is 1.43. The van der Waals surface area contributed by atoms with E-state index in [9.17, 15) is 4.79 Å². The van der Waals surface area contributed by atoms with Crippen molar-refractivity contribution in [2.75, 3.05) is 6.54 Å². The molecule has 31 heavy (non-hydrogen) atoms. The van der Waals surface area contributed by atoms with Gasteiger partial charge in [-0.15, -0.1) is 0 Å². The van der Waals surface area contributed by atoms with E-state index in [2.05, 4.69) is 10.1 Å². The summed E-state index contributed by atoms with van der Waals surface area (Å²) in [5.41, 5.74) is 2.49. The maximum atomic E-state index is 13.1. The van der Waals surface area contributed by atoms with Crippen LogP contribution >= 0.6 is 0 Å². The SMILES string of the molecule is CCN(Cc1nc(-c2ccccc2)no1)C(=O)c1cccc(OCc2ccccc2)c1. The van der Waals surface area contributed by atoms with Gasteiger partial charge in [0.1, 0.15) is 18.9 Å². The molecule has 0 bridgehead atoms. The number of benzene rings is 3. The fourth-order valence-corrected chi connectivity index (χ4v) is 3.16. The lowest BCUT2D eigenvalue weighted by Gasteiger charge is -2.19. The van der Waals surface area contributed by atoms with Crippen molar-refractivity contribution in [2.24, 2.45) is 0 Å². The van der Waals surface area contributed by atoms with Crippen molar-refractivity contribution < 1.29 is 14.1 Å². The zero-order valence-electron chi connectivity index (χ0n) is 17.3. The van der Waals surface area contributed by atoms with Gasteiger partial charge in [0.05, 0.1) is 0 Å². The number of carbonyl (C=O) groups is 1. The smallest absolute Gasteiger partial charge is 0.254 e. The largest absolute Gasteiger partial charge is 0.489 e. The summed E-state index contributed by atoms with van der Waals surface area (Å²) < 4.78 is 11.2. The van der Waals surface area contributed by atoms with Crippen molar-refractivity contribution in [3.8, 4) is 17.1 Å². The molecule has 1 aromatic heterocycles. The average Bonchev–Trinajstić information content (AvgIpc) is 3.31. The molecule has 4 aromatic rings. The molecule has 156 valence electrons. The molecule has 1 heterocycles. The minimum absolute atomic E-state index is 0.118. The number of hydrogen-bond donors (Lipinski definition) is 0. The van der Waals surface area contributed by atoms with E-state index >= 15 is 0 Å². The molecule has 0 fully saturated rings. The maximum absolute atomic E-state index is 13.1. The minimum Gasteiger partial charge on any atom is -0.489 e. The second-order valence-corrected chi connectivity index (χ2v) is 7.00. The van der Waals surface area contributed by atoms with Gasteiger partial charge in [0, 0.05) is 17.7 Å². The van der Waals surface area contributed by atoms with E-state index in [0.29, 0.717) is 36.2 Å². The summed E-state index contributed by atoms with van der Waals surface area (Å²) in [6.07, 6.45) is 0. The van der Waals surface area contributed by atoms with E-state index in [4.69, 9.17) is 9.26 Å². The van der Waals surface area contributed by atoms with Crippen LogP contribution in [0.1, 0.15) is 28.7 Å². The first kappa shape index (κ1) is 20.3. The Morgan fingerprint density at radius 1 is 0.968 bits per heavy atom. The van der Waals surface area contributed by atoms with Gasteiger partial charge in [0.2, 0.25) is 11.7 Å². The predicted octanol–water partition coefficient (Wildman–Crippen LogP) is 4.98. The molecule has 0 aliphatic carbocycles. The third-order valence-corrected chi connectivity index (χ3v) is 4.82. The quantitative estimate of drug-likeness (QED) is 0.408. The first-order valence-electron chi connectivity index (χ1n) is 10.2. The van der Waals surface area contributed by atoms with E-state index in [1.165, 1.54) is 0 Å². The van der Waals surface area contributed by atoms with Gasteiger partial charge in [0.15, 0.2) is 0 Å². The van der Waals surface area contributed by atoms with Crippen LogP contribution in [0.4, 0.5) is 0 Å². The average molecular weight is 413 g/mol. The van der Waals surface area contributed by atoms with Crippen molar-refractivity contribution in [1.29, 1.82) is 0 Å². The number of nitrogens with zero attached hydrogens (tertiary/aromatic N) is 3. The molecular formula is C25H23N3O3. The van der Waals surface area contributed by atoms with E-state index in [1.54, 1.807) is 17.0 Å². The summed E-state index contributed by atoms with van der Waals surface area (Å²) in [6, 6.07) is 26.7. The molecule has 4 rings (SSSR count). The minimum atomic E-state index is -0.118. The molecule has 3 aromatic carbocycles. The van der Waals surface area contributed by atoms with Crippen LogP contribution < -0.4 is 4.74 Å². The summed E-state index contributed by atoms with van der Waals surface area (Å²) in [5.74, 6) is 1.43. The van der Waals surface area contributed by atoms with E-state index in [1.807, 2.05) is 79.7 Å². The van der Waals surface area contributed by atoms with Crippen molar-refractivity contribution in [1.82, 2.24) is 15.0 Å². The van der Waals surface area contributed by atoms with Crippen LogP contribution in [0.5, 0.6) is 5.75 Å². The van der Waals surface area contributed by atoms with Crippen LogP contribution in [-0.2, 0) is 13.2 Å². The zero-order valence-corrected chi connectivity index (χ0v) is 17.3. The molecule has 0 radical (unpaired) electrons. The van der Waals surface area contributed by atoms with Crippen LogP contribution in [0.3, 0.4) is 0 Å². The van der Waals surface area contributed by atoms with Gasteiger partial charge in [-0.05, 0) is 30.7 Å². The van der Waals surface area contributed by atoms with Crippen LogP contribution in [0.2, 0.25) is 0 Å². The summed E-state index contributed by atoms with van der Waals surface area (Å²) in [4.78, 5) is 19.2. The zero-order chi connectivity index (χ0) is 21.5. The standard InChI is InChI=1S/C25H23N3O3/c1-2-28(17-23-26-24(27-31-23)20-12-7-4-8-13-20)25(29)21-14-9-15-22(16-21)30-18-19-10-5-3-6-11-19/h3-16H,2,17-18H2,1H3. The highest BCUT2D eigenvalue weighted by atomic mass is 16.5. The highest BCUT2D eigenvalue weighted by molar-refractivity contribution is 5.94. The van der Waals surface area contributed by atoms with Crippen molar-refractivity contribution >= 4 is 5.91 Å². The predicted molar refractivity (Wildman–Crippen MR) is 117 cm³/mol. The van der Waals surface area contributed by atoms with E-state index in [-0.39, 0.29) is 12.5 Å². The lowest BCUT2D eigenvalue weighted by atomic mass is 10.2. The maximum Gasteiger partial charge on any atom is 0.254 e. The number of hydrogen-bond acceptors (Lipinski definition) is 5. The Kier molecular flexibility index (Phi) is 6.38. The summed E-state index contributed by atoms with van der Waals surface area (Å²) in [6.45, 7) is 3.11. The van der Waals surface area contributed by atoms with Crippen molar-refractivity contribution in [3.05, 3.63) is 102 Å². The van der Waals surface area contributed by atoms with Crippen LogP contribution in [0, 0.1) is 0 Å². The first-order chi connectivity index (χ1) is 15.2. The summed E-state index contributed by atoms with van der Waals surface area (Å²) in [5, 5.41) is 4.03. The van der Waals surface area contributed by atoms with Gasteiger partial charge in [0.25, 0.3) is 5.91 Å².